The summed E-state index contributed by atoms with van der Waals surface area (Å²) in [4.78, 5) is 20.0. The quantitative estimate of drug-likeness (QED) is 0.526. The number of aromatic nitrogens is 4. The van der Waals surface area contributed by atoms with E-state index in [1.165, 1.54) is 32.0 Å². The molecule has 7 heteroatoms. The number of rotatable bonds is 4. The molecule has 2 N–H and O–H groups in total. The first kappa shape index (κ1) is 18.7. The van der Waals surface area contributed by atoms with Crippen molar-refractivity contribution in [1.29, 1.82) is 0 Å². The van der Waals surface area contributed by atoms with Gasteiger partial charge in [0.15, 0.2) is 11.6 Å². The Morgan fingerprint density at radius 1 is 1.16 bits per heavy atom. The minimum Gasteiger partial charge on any atom is -0.364 e. The van der Waals surface area contributed by atoms with Crippen LogP contribution in [0.15, 0.2) is 18.7 Å². The van der Waals surface area contributed by atoms with Gasteiger partial charge in [0.05, 0.1) is 12.3 Å². The predicted molar refractivity (Wildman–Crippen MR) is 117 cm³/mol. The summed E-state index contributed by atoms with van der Waals surface area (Å²) >= 11 is 0. The van der Waals surface area contributed by atoms with Crippen molar-refractivity contribution in [3.8, 4) is 11.3 Å². The van der Waals surface area contributed by atoms with Crippen LogP contribution in [0.5, 0.6) is 0 Å². The van der Waals surface area contributed by atoms with E-state index in [0.717, 1.165) is 23.8 Å². The second-order valence-corrected chi connectivity index (χ2v) is 9.46. The molecule has 0 unspecified atom stereocenters. The Morgan fingerprint density at radius 2 is 1.94 bits per heavy atom. The van der Waals surface area contributed by atoms with Crippen LogP contribution in [0.3, 0.4) is 0 Å². The van der Waals surface area contributed by atoms with Gasteiger partial charge in [-0.1, -0.05) is 6.92 Å². The minimum atomic E-state index is -0.331. The van der Waals surface area contributed by atoms with E-state index >= 15 is 4.39 Å². The monoisotopic (exact) mass is 416 g/mol. The van der Waals surface area contributed by atoms with Crippen LogP contribution >= 0.6 is 0 Å². The number of nitrogens with one attached hydrogen (secondary N) is 2. The number of fused-ring (bicyclic) bond motifs is 4. The van der Waals surface area contributed by atoms with Crippen molar-refractivity contribution in [2.75, 3.05) is 5.32 Å². The molecule has 0 radical (unpaired) electrons. The molecule has 3 heterocycles. The second-order valence-electron chi connectivity index (χ2n) is 9.46. The molecule has 2 bridgehead atoms. The predicted octanol–water partition coefficient (Wildman–Crippen LogP) is 5.82. The fourth-order valence-corrected chi connectivity index (χ4v) is 5.93. The van der Waals surface area contributed by atoms with Crippen LogP contribution in [-0.4, -0.2) is 26.0 Å². The smallest absolute Gasteiger partial charge is 0.219 e. The molecule has 158 valence electrons. The Balaban J connectivity index is 1.50. The van der Waals surface area contributed by atoms with Crippen molar-refractivity contribution in [3.05, 3.63) is 41.5 Å². The molecule has 4 fully saturated rings. The molecular weight excluding hydrogens is 391 g/mol. The van der Waals surface area contributed by atoms with Crippen molar-refractivity contribution in [3.63, 3.8) is 0 Å². The van der Waals surface area contributed by atoms with E-state index in [9.17, 15) is 0 Å². The van der Waals surface area contributed by atoms with Gasteiger partial charge in [-0.05, 0) is 62.2 Å². The van der Waals surface area contributed by atoms with Gasteiger partial charge >= 0.3 is 0 Å². The molecular formula is C24H25FN6. The molecule has 0 aliphatic heterocycles. The molecule has 4 aliphatic rings. The van der Waals surface area contributed by atoms with E-state index in [1.807, 2.05) is 0 Å². The first-order valence-electron chi connectivity index (χ1n) is 11.3. The lowest BCUT2D eigenvalue weighted by atomic mass is 9.62. The van der Waals surface area contributed by atoms with Gasteiger partial charge in [0, 0.05) is 34.9 Å². The highest BCUT2D eigenvalue weighted by Crippen LogP contribution is 2.51. The van der Waals surface area contributed by atoms with Gasteiger partial charge in [0.25, 0.3) is 0 Å². The SMILES string of the molecule is [C-]#[N+]c1c(-c2c[nH]c3ncncc23)nc(N[C@H]2C3CCC(CC3)[C@@H]2C)c(F)c1C1CC1. The fourth-order valence-electron chi connectivity index (χ4n) is 5.93. The summed E-state index contributed by atoms with van der Waals surface area (Å²) in [6, 6.07) is 0.236. The summed E-state index contributed by atoms with van der Waals surface area (Å²) in [6.07, 6.45) is 11.8. The van der Waals surface area contributed by atoms with E-state index in [-0.39, 0.29) is 17.8 Å². The maximum absolute atomic E-state index is 15.8. The lowest BCUT2D eigenvalue weighted by Gasteiger charge is -2.47. The first-order chi connectivity index (χ1) is 15.2. The van der Waals surface area contributed by atoms with Crippen molar-refractivity contribution in [2.24, 2.45) is 17.8 Å². The summed E-state index contributed by atoms with van der Waals surface area (Å²) in [5.41, 5.74) is 2.82. The summed E-state index contributed by atoms with van der Waals surface area (Å²) in [5, 5.41) is 4.32. The van der Waals surface area contributed by atoms with Crippen LogP contribution in [0.2, 0.25) is 0 Å². The largest absolute Gasteiger partial charge is 0.364 e. The minimum absolute atomic E-state index is 0.105. The number of halogens is 1. The molecule has 4 aliphatic carbocycles. The standard InChI is InChI=1S/C24H25FN6/c1-12-13-3-7-15(8-4-13)20(12)30-24-19(25)18(14-5-6-14)22(26-2)21(31-24)16-10-28-23-17(16)9-27-11-29-23/h9-15,20H,3-8H2,1H3,(H,30,31)(H,27,28,29)/t12-,13?,15?,20+/m0/s1. The molecule has 0 aromatic carbocycles. The van der Waals surface area contributed by atoms with Gasteiger partial charge in [-0.15, -0.1) is 0 Å². The average Bonchev–Trinajstić information content (AvgIpc) is 3.55. The molecule has 3 aromatic rings. The van der Waals surface area contributed by atoms with Crippen LogP contribution < -0.4 is 5.32 Å². The second kappa shape index (κ2) is 7.01. The summed E-state index contributed by atoms with van der Waals surface area (Å²) in [5.74, 6) is 1.86. The molecule has 6 nitrogen and oxygen atoms in total. The number of pyridine rings is 1. The van der Waals surface area contributed by atoms with E-state index in [0.29, 0.717) is 46.2 Å². The summed E-state index contributed by atoms with van der Waals surface area (Å²) in [6.45, 7) is 10.1. The van der Waals surface area contributed by atoms with Crippen LogP contribution in [-0.2, 0) is 0 Å². The number of hydrogen-bond donors (Lipinski definition) is 2. The zero-order chi connectivity index (χ0) is 21.1. The van der Waals surface area contributed by atoms with E-state index in [1.54, 1.807) is 12.4 Å². The van der Waals surface area contributed by atoms with Crippen LogP contribution in [0.1, 0.15) is 56.9 Å². The van der Waals surface area contributed by atoms with Gasteiger partial charge in [0.2, 0.25) is 5.69 Å². The van der Waals surface area contributed by atoms with Crippen molar-refractivity contribution in [1.82, 2.24) is 19.9 Å². The highest BCUT2D eigenvalue weighted by molar-refractivity contribution is 5.96. The highest BCUT2D eigenvalue weighted by Gasteiger charge is 2.42. The van der Waals surface area contributed by atoms with Gasteiger partial charge < -0.3 is 10.3 Å². The number of aromatic amines is 1. The lowest BCUT2D eigenvalue weighted by Crippen LogP contribution is -2.47. The van der Waals surface area contributed by atoms with Crippen LogP contribution in [0.4, 0.5) is 15.9 Å². The maximum Gasteiger partial charge on any atom is 0.219 e. The molecule has 4 saturated carbocycles. The van der Waals surface area contributed by atoms with Crippen molar-refractivity contribution in [2.45, 2.75) is 57.4 Å². The van der Waals surface area contributed by atoms with Gasteiger partial charge in [-0.25, -0.2) is 24.2 Å². The Morgan fingerprint density at radius 3 is 2.65 bits per heavy atom. The lowest BCUT2D eigenvalue weighted by molar-refractivity contribution is 0.0926. The Labute approximate surface area is 180 Å². The van der Waals surface area contributed by atoms with Crippen molar-refractivity contribution >= 4 is 22.5 Å². The molecule has 7 rings (SSSR count). The topological polar surface area (TPSA) is 70.8 Å². The Kier molecular flexibility index (Phi) is 4.24. The zero-order valence-corrected chi connectivity index (χ0v) is 17.5. The van der Waals surface area contributed by atoms with Crippen LogP contribution in [0.25, 0.3) is 27.1 Å². The number of anilines is 1. The van der Waals surface area contributed by atoms with Gasteiger partial charge in [-0.2, -0.15) is 0 Å². The molecule has 3 aromatic heterocycles. The molecule has 0 amide bonds. The highest BCUT2D eigenvalue weighted by atomic mass is 19.1. The fraction of sp³-hybridized carbons (Fsp3) is 0.500. The molecule has 0 spiro atoms. The van der Waals surface area contributed by atoms with Crippen LogP contribution in [0, 0.1) is 30.1 Å². The van der Waals surface area contributed by atoms with E-state index in [4.69, 9.17) is 11.6 Å². The molecule has 31 heavy (non-hydrogen) atoms. The van der Waals surface area contributed by atoms with Gasteiger partial charge in [0.1, 0.15) is 12.0 Å². The Bertz CT molecular complexity index is 1200. The first-order valence-corrected chi connectivity index (χ1v) is 11.3. The third-order valence-corrected chi connectivity index (χ3v) is 7.79. The van der Waals surface area contributed by atoms with E-state index < -0.39 is 0 Å². The molecule has 0 saturated heterocycles. The summed E-state index contributed by atoms with van der Waals surface area (Å²) < 4.78 is 15.8. The maximum atomic E-state index is 15.8. The normalized spacial score (nSPS) is 27.4. The van der Waals surface area contributed by atoms with Gasteiger partial charge in [-0.3, -0.25) is 0 Å². The number of H-pyrrole nitrogens is 1. The third kappa shape index (κ3) is 2.92. The van der Waals surface area contributed by atoms with Crippen molar-refractivity contribution < 1.29 is 4.39 Å². The average molecular weight is 417 g/mol. The number of hydrogen-bond acceptors (Lipinski definition) is 4. The Hall–Kier alpha value is -3.01. The number of nitrogens with zero attached hydrogens (tertiary/aromatic N) is 4. The molecule has 2 atom stereocenters. The third-order valence-electron chi connectivity index (χ3n) is 7.79. The zero-order valence-electron chi connectivity index (χ0n) is 17.5. The van der Waals surface area contributed by atoms with E-state index in [2.05, 4.69) is 32.0 Å². The summed E-state index contributed by atoms with van der Waals surface area (Å²) in [7, 11) is 0.